The van der Waals surface area contributed by atoms with E-state index < -0.39 is 0 Å². The first kappa shape index (κ1) is 19.5. The number of nitrogens with one attached hydrogen (secondary N) is 1. The van der Waals surface area contributed by atoms with Gasteiger partial charge in [0.25, 0.3) is 0 Å². The lowest BCUT2D eigenvalue weighted by atomic mass is 10.2. The van der Waals surface area contributed by atoms with Crippen molar-refractivity contribution in [1.82, 2.24) is 34.4 Å². The lowest BCUT2D eigenvalue weighted by Gasteiger charge is -2.16. The standard InChI is InChI=1S/C19H25N7O2/c1-13(2)25-12-20-22-18(25)14(3)21-17(27)11-26-19(28)24(15(4)23-26)10-16-8-6-5-7-9-16/h5-9,12-14H,10-11H2,1-4H3,(H,21,27)/t14-/m0/s1. The van der Waals surface area contributed by atoms with Gasteiger partial charge in [0.05, 0.1) is 12.6 Å². The summed E-state index contributed by atoms with van der Waals surface area (Å²) in [7, 11) is 0. The highest BCUT2D eigenvalue weighted by Gasteiger charge is 2.19. The number of rotatable bonds is 7. The van der Waals surface area contributed by atoms with E-state index in [0.29, 0.717) is 18.2 Å². The number of nitrogens with zero attached hydrogens (tertiary/aromatic N) is 6. The third kappa shape index (κ3) is 4.19. The summed E-state index contributed by atoms with van der Waals surface area (Å²) < 4.78 is 4.64. The monoisotopic (exact) mass is 383 g/mol. The number of benzene rings is 1. The Labute approximate surface area is 163 Å². The minimum absolute atomic E-state index is 0.151. The Kier molecular flexibility index (Phi) is 5.72. The van der Waals surface area contributed by atoms with Crippen molar-refractivity contribution in [2.75, 3.05) is 0 Å². The summed E-state index contributed by atoms with van der Waals surface area (Å²) in [5, 5.41) is 15.1. The number of hydrogen-bond donors (Lipinski definition) is 1. The first-order valence-corrected chi connectivity index (χ1v) is 9.23. The third-order valence-corrected chi connectivity index (χ3v) is 4.51. The Morgan fingerprint density at radius 1 is 1.18 bits per heavy atom. The second-order valence-electron chi connectivity index (χ2n) is 7.04. The van der Waals surface area contributed by atoms with Crippen LogP contribution in [0.25, 0.3) is 0 Å². The van der Waals surface area contributed by atoms with Crippen LogP contribution in [-0.2, 0) is 17.9 Å². The molecular formula is C19H25N7O2. The zero-order valence-corrected chi connectivity index (χ0v) is 16.5. The van der Waals surface area contributed by atoms with Crippen LogP contribution in [0.15, 0.2) is 41.5 Å². The van der Waals surface area contributed by atoms with Gasteiger partial charge >= 0.3 is 5.69 Å². The number of aryl methyl sites for hydroxylation is 1. The van der Waals surface area contributed by atoms with Gasteiger partial charge in [0.2, 0.25) is 5.91 Å². The highest BCUT2D eigenvalue weighted by atomic mass is 16.2. The second kappa shape index (κ2) is 8.20. The fourth-order valence-corrected chi connectivity index (χ4v) is 3.05. The van der Waals surface area contributed by atoms with Crippen molar-refractivity contribution in [2.24, 2.45) is 0 Å². The molecule has 1 amide bonds. The van der Waals surface area contributed by atoms with E-state index >= 15 is 0 Å². The van der Waals surface area contributed by atoms with E-state index in [1.807, 2.05) is 55.7 Å². The molecule has 0 radical (unpaired) electrons. The zero-order chi connectivity index (χ0) is 20.3. The van der Waals surface area contributed by atoms with Gasteiger partial charge in [-0.25, -0.2) is 9.48 Å². The van der Waals surface area contributed by atoms with Crippen LogP contribution in [0.2, 0.25) is 0 Å². The first-order valence-electron chi connectivity index (χ1n) is 9.23. The molecule has 0 saturated carbocycles. The molecule has 148 valence electrons. The summed E-state index contributed by atoms with van der Waals surface area (Å²) in [4.78, 5) is 25.1. The SMILES string of the molecule is Cc1nn(CC(=O)N[C@@H](C)c2nncn2C(C)C)c(=O)n1Cc1ccccc1. The van der Waals surface area contributed by atoms with Gasteiger partial charge in [-0.3, -0.25) is 9.36 Å². The molecule has 0 aliphatic carbocycles. The van der Waals surface area contributed by atoms with Crippen LogP contribution < -0.4 is 11.0 Å². The van der Waals surface area contributed by atoms with E-state index in [1.165, 1.54) is 4.68 Å². The molecule has 0 aliphatic rings. The fraction of sp³-hybridized carbons (Fsp3) is 0.421. The summed E-state index contributed by atoms with van der Waals surface area (Å²) in [6.45, 7) is 7.89. The molecule has 9 heteroatoms. The van der Waals surface area contributed by atoms with Crippen molar-refractivity contribution in [3.05, 3.63) is 64.4 Å². The first-order chi connectivity index (χ1) is 13.4. The van der Waals surface area contributed by atoms with E-state index in [1.54, 1.807) is 17.8 Å². The van der Waals surface area contributed by atoms with Gasteiger partial charge in [-0.1, -0.05) is 30.3 Å². The molecule has 0 aliphatic heterocycles. The molecule has 0 spiro atoms. The minimum Gasteiger partial charge on any atom is -0.345 e. The van der Waals surface area contributed by atoms with Gasteiger partial charge < -0.3 is 9.88 Å². The number of aromatic nitrogens is 6. The van der Waals surface area contributed by atoms with Gasteiger partial charge in [0.1, 0.15) is 18.7 Å². The maximum Gasteiger partial charge on any atom is 0.346 e. The van der Waals surface area contributed by atoms with Crippen molar-refractivity contribution >= 4 is 5.91 Å². The quantitative estimate of drug-likeness (QED) is 0.666. The molecule has 1 aromatic carbocycles. The van der Waals surface area contributed by atoms with E-state index in [-0.39, 0.29) is 30.2 Å². The number of hydrogen-bond acceptors (Lipinski definition) is 5. The highest BCUT2D eigenvalue weighted by molar-refractivity contribution is 5.75. The van der Waals surface area contributed by atoms with Crippen molar-refractivity contribution < 1.29 is 4.79 Å². The molecule has 0 bridgehead atoms. The Morgan fingerprint density at radius 2 is 1.89 bits per heavy atom. The third-order valence-electron chi connectivity index (χ3n) is 4.51. The van der Waals surface area contributed by atoms with Gasteiger partial charge in [-0.15, -0.1) is 10.2 Å². The molecule has 0 saturated heterocycles. The van der Waals surface area contributed by atoms with Crippen molar-refractivity contribution in [1.29, 1.82) is 0 Å². The Balaban J connectivity index is 1.70. The molecule has 1 atom stereocenters. The molecule has 3 rings (SSSR count). The number of carbonyl (C=O) groups excluding carboxylic acids is 1. The van der Waals surface area contributed by atoms with Crippen LogP contribution >= 0.6 is 0 Å². The van der Waals surface area contributed by atoms with Crippen LogP contribution in [0.5, 0.6) is 0 Å². The maximum atomic E-state index is 12.6. The van der Waals surface area contributed by atoms with Gasteiger partial charge in [0.15, 0.2) is 5.82 Å². The molecule has 2 heterocycles. The van der Waals surface area contributed by atoms with E-state index in [4.69, 9.17) is 0 Å². The van der Waals surface area contributed by atoms with Crippen molar-refractivity contribution in [3.63, 3.8) is 0 Å². The molecule has 2 aromatic heterocycles. The predicted octanol–water partition coefficient (Wildman–Crippen LogP) is 1.45. The van der Waals surface area contributed by atoms with Crippen LogP contribution in [0, 0.1) is 6.92 Å². The highest BCUT2D eigenvalue weighted by Crippen LogP contribution is 2.14. The molecule has 28 heavy (non-hydrogen) atoms. The van der Waals surface area contributed by atoms with Crippen LogP contribution in [0.3, 0.4) is 0 Å². The van der Waals surface area contributed by atoms with Gasteiger partial charge in [-0.05, 0) is 33.3 Å². The van der Waals surface area contributed by atoms with Crippen LogP contribution in [0.1, 0.15) is 50.1 Å². The number of amides is 1. The van der Waals surface area contributed by atoms with Crippen molar-refractivity contribution in [2.45, 2.75) is 52.9 Å². The summed E-state index contributed by atoms with van der Waals surface area (Å²) >= 11 is 0. The summed E-state index contributed by atoms with van der Waals surface area (Å²) in [6.07, 6.45) is 1.64. The maximum absolute atomic E-state index is 12.6. The fourth-order valence-electron chi connectivity index (χ4n) is 3.05. The normalized spacial score (nSPS) is 12.3. The smallest absolute Gasteiger partial charge is 0.345 e. The van der Waals surface area contributed by atoms with Crippen molar-refractivity contribution in [3.8, 4) is 0 Å². The average molecular weight is 383 g/mol. The van der Waals surface area contributed by atoms with Gasteiger partial charge in [-0.2, -0.15) is 5.10 Å². The molecule has 1 N–H and O–H groups in total. The summed E-state index contributed by atoms with van der Waals surface area (Å²) in [5.41, 5.74) is 0.688. The predicted molar refractivity (Wildman–Crippen MR) is 104 cm³/mol. The Hall–Kier alpha value is -3.23. The van der Waals surface area contributed by atoms with Gasteiger partial charge in [0, 0.05) is 6.04 Å². The van der Waals surface area contributed by atoms with Crippen LogP contribution in [-0.4, -0.2) is 35.0 Å². The number of carbonyl (C=O) groups is 1. The Bertz CT molecular complexity index is 1000. The van der Waals surface area contributed by atoms with E-state index in [0.717, 1.165) is 5.56 Å². The molecule has 0 unspecified atom stereocenters. The Morgan fingerprint density at radius 3 is 2.57 bits per heavy atom. The van der Waals surface area contributed by atoms with E-state index in [2.05, 4.69) is 20.6 Å². The van der Waals surface area contributed by atoms with Crippen LogP contribution in [0.4, 0.5) is 0 Å². The average Bonchev–Trinajstić information content (AvgIpc) is 3.24. The summed E-state index contributed by atoms with van der Waals surface area (Å²) in [5.74, 6) is 0.924. The lowest BCUT2D eigenvalue weighted by molar-refractivity contribution is -0.122. The molecule has 9 nitrogen and oxygen atoms in total. The topological polar surface area (TPSA) is 99.6 Å². The van der Waals surface area contributed by atoms with E-state index in [9.17, 15) is 9.59 Å². The molecular weight excluding hydrogens is 358 g/mol. The second-order valence-corrected chi connectivity index (χ2v) is 7.04. The summed E-state index contributed by atoms with van der Waals surface area (Å²) in [6, 6.07) is 9.51. The molecule has 0 fully saturated rings. The zero-order valence-electron chi connectivity index (χ0n) is 16.5. The lowest BCUT2D eigenvalue weighted by Crippen LogP contribution is -2.36. The minimum atomic E-state index is -0.333. The largest absolute Gasteiger partial charge is 0.346 e. The molecule has 3 aromatic rings.